The van der Waals surface area contributed by atoms with Gasteiger partial charge in [-0.05, 0) is 110 Å². The number of hydrogen-bond donors (Lipinski definition) is 3. The third kappa shape index (κ3) is 8.45. The van der Waals surface area contributed by atoms with Gasteiger partial charge in [-0.3, -0.25) is 9.11 Å². The molecule has 49 heavy (non-hydrogen) atoms. The largest absolute Gasteiger partial charge is 0.453 e. The van der Waals surface area contributed by atoms with E-state index >= 15 is 0 Å². The van der Waals surface area contributed by atoms with Gasteiger partial charge in [0.1, 0.15) is 5.75 Å². The Hall–Kier alpha value is -1.87. The first-order chi connectivity index (χ1) is 22.9. The lowest BCUT2D eigenvalue weighted by molar-refractivity contribution is -0.284. The smallest absolute Gasteiger partial charge is 0.410 e. The molecule has 1 saturated heterocycles. The molecule has 8 nitrogen and oxygen atoms in total. The molecule has 1 aromatic carbocycles. The van der Waals surface area contributed by atoms with Gasteiger partial charge in [0.2, 0.25) is 0 Å². The molecule has 5 unspecified atom stereocenters. The molecule has 2 saturated carbocycles. The molecule has 278 valence electrons. The maximum absolute atomic E-state index is 13.3. The SMILES string of the molecule is CC(CC[C@@H]1Cc2cc(OC(=O)N3CC(O)OC(O)C3)ccc2[C@H]2CC[C@]3(C)[C@@H](O)CC[C@H]3[C@H]12)CC(C)S(=O)CCCC(F)(F)C(F)(F)F. The summed E-state index contributed by atoms with van der Waals surface area (Å²) in [4.78, 5) is 14.1. The summed E-state index contributed by atoms with van der Waals surface area (Å²) in [5.74, 6) is -3.22. The Morgan fingerprint density at radius 3 is 2.47 bits per heavy atom. The number of fused-ring (bicyclic) bond motifs is 5. The molecule has 1 heterocycles. The van der Waals surface area contributed by atoms with Crippen LogP contribution in [0.25, 0.3) is 0 Å². The molecule has 3 fully saturated rings. The van der Waals surface area contributed by atoms with Gasteiger partial charge in [-0.1, -0.05) is 33.3 Å². The number of halogens is 5. The Kier molecular flexibility index (Phi) is 11.7. The fourth-order valence-corrected chi connectivity index (χ4v) is 10.6. The van der Waals surface area contributed by atoms with Gasteiger partial charge in [0.15, 0.2) is 12.6 Å². The number of ether oxygens (including phenoxy) is 2. The molecule has 0 bridgehead atoms. The first-order valence-electron chi connectivity index (χ1n) is 17.5. The van der Waals surface area contributed by atoms with E-state index < -0.39 is 54.4 Å². The van der Waals surface area contributed by atoms with Crippen LogP contribution in [0.3, 0.4) is 0 Å². The summed E-state index contributed by atoms with van der Waals surface area (Å²) in [6, 6.07) is 5.72. The number of rotatable bonds is 11. The number of aliphatic hydroxyl groups excluding tert-OH is 3. The van der Waals surface area contributed by atoms with Gasteiger partial charge in [-0.2, -0.15) is 22.0 Å². The molecule has 3 aliphatic carbocycles. The maximum Gasteiger partial charge on any atom is 0.453 e. The van der Waals surface area contributed by atoms with Crippen molar-refractivity contribution in [1.82, 2.24) is 4.90 Å². The van der Waals surface area contributed by atoms with E-state index in [0.29, 0.717) is 24.0 Å². The Morgan fingerprint density at radius 1 is 1.10 bits per heavy atom. The van der Waals surface area contributed by atoms with Crippen molar-refractivity contribution in [3.05, 3.63) is 29.3 Å². The van der Waals surface area contributed by atoms with Crippen LogP contribution in [0.5, 0.6) is 5.75 Å². The molecule has 0 spiro atoms. The molecule has 1 aromatic rings. The third-order valence-electron chi connectivity index (χ3n) is 11.8. The lowest BCUT2D eigenvalue weighted by Gasteiger charge is -2.53. The van der Waals surface area contributed by atoms with Gasteiger partial charge >= 0.3 is 18.2 Å². The van der Waals surface area contributed by atoms with Crippen molar-refractivity contribution in [3.63, 3.8) is 0 Å². The summed E-state index contributed by atoms with van der Waals surface area (Å²) in [5, 5.41) is 30.2. The molecule has 0 radical (unpaired) electrons. The van der Waals surface area contributed by atoms with Crippen LogP contribution in [-0.4, -0.2) is 85.4 Å². The predicted molar refractivity (Wildman–Crippen MR) is 172 cm³/mol. The highest BCUT2D eigenvalue weighted by Gasteiger charge is 2.57. The zero-order valence-corrected chi connectivity index (χ0v) is 29.2. The van der Waals surface area contributed by atoms with Gasteiger partial charge in [0.05, 0.1) is 19.2 Å². The standard InChI is InChI=1S/C35H50F5NO7S/c1-20(15-21(2)49(46)14-4-12-34(36,37)35(38,39)40)5-6-22-16-23-17-24(47-32(45)41-18-29(43)48-30(44)19-41)7-8-25(23)26-11-13-33(3)27(31(22)26)9-10-28(33)42/h7-8,17,20-22,26-31,42-44H,4-6,9-16,18-19H2,1-3H3/t20?,21?,22-,26-,27+,28+,29?,30?,31-,33+,49?/m1/s1. The summed E-state index contributed by atoms with van der Waals surface area (Å²) in [6.45, 7) is 5.77. The number of nitrogens with zero attached hydrogens (tertiary/aromatic N) is 1. The van der Waals surface area contributed by atoms with Crippen LogP contribution in [0.2, 0.25) is 0 Å². The molecule has 1 aliphatic heterocycles. The second-order valence-corrected chi connectivity index (χ2v) is 17.2. The number of hydrogen-bond acceptors (Lipinski definition) is 7. The van der Waals surface area contributed by atoms with Crippen molar-refractivity contribution in [2.75, 3.05) is 18.8 Å². The van der Waals surface area contributed by atoms with Gasteiger partial charge in [-0.15, -0.1) is 0 Å². The maximum atomic E-state index is 13.3. The number of aliphatic hydroxyl groups is 3. The van der Waals surface area contributed by atoms with E-state index in [0.717, 1.165) is 50.5 Å². The third-order valence-corrected chi connectivity index (χ3v) is 13.6. The normalized spacial score (nSPS) is 33.6. The first kappa shape index (κ1) is 38.4. The Morgan fingerprint density at radius 2 is 1.80 bits per heavy atom. The Bertz CT molecular complexity index is 1340. The monoisotopic (exact) mass is 723 g/mol. The highest BCUT2D eigenvalue weighted by Crippen LogP contribution is 2.63. The Labute approximate surface area is 287 Å². The zero-order chi connectivity index (χ0) is 35.9. The first-order valence-corrected chi connectivity index (χ1v) is 18.9. The molecular weight excluding hydrogens is 673 g/mol. The minimum absolute atomic E-state index is 0.128. The molecule has 14 heteroatoms. The number of alkyl halides is 5. The summed E-state index contributed by atoms with van der Waals surface area (Å²) < 4.78 is 87.5. The summed E-state index contributed by atoms with van der Waals surface area (Å²) in [6.07, 6.45) is -4.54. The van der Waals surface area contributed by atoms with Crippen molar-refractivity contribution in [1.29, 1.82) is 0 Å². The molecule has 3 N–H and O–H groups in total. The van der Waals surface area contributed by atoms with E-state index in [2.05, 4.69) is 13.8 Å². The van der Waals surface area contributed by atoms with Crippen molar-refractivity contribution in [2.45, 2.75) is 127 Å². The fraction of sp³-hybridized carbons (Fsp3) is 0.800. The number of carbonyl (C=O) groups is 1. The van der Waals surface area contributed by atoms with Crippen LogP contribution in [0, 0.1) is 29.1 Å². The van der Waals surface area contributed by atoms with Crippen molar-refractivity contribution in [3.8, 4) is 5.75 Å². The van der Waals surface area contributed by atoms with E-state index in [4.69, 9.17) is 9.47 Å². The molecular formula is C35H50F5NO7S. The number of β-amino-alcohol motifs (C(OH)–C–C–N with tert-alkyl or cyclic N) is 2. The lowest BCUT2D eigenvalue weighted by Crippen LogP contribution is -2.50. The number of benzene rings is 1. The number of morpholine rings is 1. The van der Waals surface area contributed by atoms with E-state index in [9.17, 15) is 46.3 Å². The second kappa shape index (κ2) is 15.0. The number of amides is 1. The van der Waals surface area contributed by atoms with Crippen LogP contribution in [0.1, 0.15) is 95.6 Å². The van der Waals surface area contributed by atoms with E-state index in [-0.39, 0.29) is 53.4 Å². The fourth-order valence-electron chi connectivity index (χ4n) is 9.19. The Balaban J connectivity index is 1.25. The topological polar surface area (TPSA) is 117 Å². The van der Waals surface area contributed by atoms with Gasteiger partial charge < -0.3 is 24.8 Å². The van der Waals surface area contributed by atoms with Crippen molar-refractivity contribution >= 4 is 16.9 Å². The number of carbonyl (C=O) groups excluding carboxylic acids is 1. The van der Waals surface area contributed by atoms with Crippen LogP contribution in [-0.2, 0) is 22.0 Å². The average molecular weight is 724 g/mol. The predicted octanol–water partition coefficient (Wildman–Crippen LogP) is 6.52. The van der Waals surface area contributed by atoms with E-state index in [1.807, 2.05) is 12.1 Å². The molecule has 11 atom stereocenters. The van der Waals surface area contributed by atoms with Gasteiger partial charge in [0, 0.05) is 28.2 Å². The minimum Gasteiger partial charge on any atom is -0.410 e. The molecule has 0 aromatic heterocycles. The van der Waals surface area contributed by atoms with Gasteiger partial charge in [-0.25, -0.2) is 4.79 Å². The molecule has 5 rings (SSSR count). The highest BCUT2D eigenvalue weighted by molar-refractivity contribution is 7.85. The quantitative estimate of drug-likeness (QED) is 0.223. The zero-order valence-electron chi connectivity index (χ0n) is 28.3. The molecule has 1 amide bonds. The van der Waals surface area contributed by atoms with Crippen molar-refractivity contribution in [2.24, 2.45) is 29.1 Å². The van der Waals surface area contributed by atoms with Crippen molar-refractivity contribution < 1.29 is 55.7 Å². The highest BCUT2D eigenvalue weighted by atomic mass is 32.2. The molecule has 4 aliphatic rings. The van der Waals surface area contributed by atoms with E-state index in [1.54, 1.807) is 13.0 Å². The van der Waals surface area contributed by atoms with Gasteiger partial charge in [0.25, 0.3) is 0 Å². The van der Waals surface area contributed by atoms with Crippen LogP contribution in [0.4, 0.5) is 26.7 Å². The average Bonchev–Trinajstić information content (AvgIpc) is 3.32. The summed E-state index contributed by atoms with van der Waals surface area (Å²) in [5.41, 5.74) is 2.17. The lowest BCUT2D eigenvalue weighted by atomic mass is 9.52. The summed E-state index contributed by atoms with van der Waals surface area (Å²) >= 11 is 0. The minimum atomic E-state index is -5.61. The van der Waals surface area contributed by atoms with E-state index in [1.165, 1.54) is 10.5 Å². The second-order valence-electron chi connectivity index (χ2n) is 15.2. The van der Waals surface area contributed by atoms with Crippen LogP contribution in [0.15, 0.2) is 18.2 Å². The van der Waals surface area contributed by atoms with Crippen LogP contribution >= 0.6 is 0 Å². The summed E-state index contributed by atoms with van der Waals surface area (Å²) in [7, 11) is -1.53. The van der Waals surface area contributed by atoms with Crippen LogP contribution < -0.4 is 4.74 Å².